The average molecular weight is 303 g/mol. The smallest absolute Gasteiger partial charge is 0.336 e. The molecule has 0 amide bonds. The molecule has 5 heteroatoms. The summed E-state index contributed by atoms with van der Waals surface area (Å²) < 4.78 is 18.0. The largest absolute Gasteiger partial charge is 0.466 e. The maximum absolute atomic E-state index is 13.2. The summed E-state index contributed by atoms with van der Waals surface area (Å²) in [6.07, 6.45) is 0. The van der Waals surface area contributed by atoms with Crippen LogP contribution in [0.2, 0.25) is 0 Å². The van der Waals surface area contributed by atoms with E-state index in [1.165, 1.54) is 26.2 Å². The van der Waals surface area contributed by atoms with Crippen LogP contribution in [0.3, 0.4) is 0 Å². The molecule has 1 N–H and O–H groups in total. The summed E-state index contributed by atoms with van der Waals surface area (Å²) in [7, 11) is 1.29. The molecule has 1 aliphatic rings. The van der Waals surface area contributed by atoms with Gasteiger partial charge >= 0.3 is 5.97 Å². The molecule has 2 rings (SSSR count). The van der Waals surface area contributed by atoms with Gasteiger partial charge in [0, 0.05) is 22.9 Å². The molecule has 0 unspecified atom stereocenters. The van der Waals surface area contributed by atoms with Gasteiger partial charge in [-0.15, -0.1) is 0 Å². The van der Waals surface area contributed by atoms with Gasteiger partial charge in [0.1, 0.15) is 5.82 Å². The summed E-state index contributed by atoms with van der Waals surface area (Å²) in [5.74, 6) is -1.59. The minimum absolute atomic E-state index is 0.145. The van der Waals surface area contributed by atoms with Crippen molar-refractivity contribution in [3.63, 3.8) is 0 Å². The Balaban J connectivity index is 2.66. The number of allylic oxidation sites excluding steroid dienone is 3. The maximum atomic E-state index is 13.2. The molecule has 116 valence electrons. The monoisotopic (exact) mass is 303 g/mol. The van der Waals surface area contributed by atoms with Gasteiger partial charge < -0.3 is 10.1 Å². The number of dihydropyridines is 1. The Labute approximate surface area is 128 Å². The van der Waals surface area contributed by atoms with Gasteiger partial charge in [0.25, 0.3) is 0 Å². The number of halogens is 1. The molecule has 1 aromatic carbocycles. The number of rotatable bonds is 3. The number of nitrogens with one attached hydrogen (secondary N) is 1. The van der Waals surface area contributed by atoms with E-state index >= 15 is 0 Å². The Bertz CT molecular complexity index is 686. The molecule has 1 aliphatic heterocycles. The lowest BCUT2D eigenvalue weighted by atomic mass is 9.79. The van der Waals surface area contributed by atoms with Gasteiger partial charge in [0.15, 0.2) is 5.78 Å². The van der Waals surface area contributed by atoms with Crippen LogP contribution in [0.5, 0.6) is 0 Å². The summed E-state index contributed by atoms with van der Waals surface area (Å²) in [5, 5.41) is 3.05. The SMILES string of the molecule is COC(=O)C1=C(C)NC(C)=C(C(C)=O)[C@@H]1c1ccc(F)cc1. The molecular weight excluding hydrogens is 285 g/mol. The minimum Gasteiger partial charge on any atom is -0.466 e. The Kier molecular flexibility index (Phi) is 4.45. The average Bonchev–Trinajstić information content (AvgIpc) is 2.46. The van der Waals surface area contributed by atoms with Crippen molar-refractivity contribution in [2.45, 2.75) is 26.7 Å². The molecule has 0 saturated carbocycles. The van der Waals surface area contributed by atoms with Crippen molar-refractivity contribution in [3.05, 3.63) is 58.2 Å². The molecule has 0 radical (unpaired) electrons. The number of benzene rings is 1. The topological polar surface area (TPSA) is 55.4 Å². The molecule has 1 heterocycles. The highest BCUT2D eigenvalue weighted by molar-refractivity contribution is 6.02. The summed E-state index contributed by atoms with van der Waals surface area (Å²) in [6, 6.07) is 5.79. The molecule has 1 atom stereocenters. The minimum atomic E-state index is -0.563. The lowest BCUT2D eigenvalue weighted by Gasteiger charge is -2.30. The highest BCUT2D eigenvalue weighted by Crippen LogP contribution is 2.38. The number of ether oxygens (including phenoxy) is 1. The van der Waals surface area contributed by atoms with Gasteiger partial charge in [-0.1, -0.05) is 12.1 Å². The standard InChI is InChI=1S/C17H18FNO3/c1-9-14(11(3)20)16(12-5-7-13(18)8-6-12)15(10(2)19-9)17(21)22-4/h5-8,16,19H,1-4H3/t16-/m0/s1. The van der Waals surface area contributed by atoms with Crippen LogP contribution in [-0.2, 0) is 14.3 Å². The van der Waals surface area contributed by atoms with Crippen molar-refractivity contribution in [2.24, 2.45) is 0 Å². The summed E-state index contributed by atoms with van der Waals surface area (Å²) in [6.45, 7) is 4.99. The molecule has 22 heavy (non-hydrogen) atoms. The van der Waals surface area contributed by atoms with E-state index in [4.69, 9.17) is 4.74 Å². The maximum Gasteiger partial charge on any atom is 0.336 e. The van der Waals surface area contributed by atoms with Gasteiger partial charge in [-0.25, -0.2) is 9.18 Å². The first kappa shape index (κ1) is 15.9. The second-order valence-corrected chi connectivity index (χ2v) is 5.23. The number of hydrogen-bond acceptors (Lipinski definition) is 4. The second-order valence-electron chi connectivity index (χ2n) is 5.23. The molecule has 0 spiro atoms. The van der Waals surface area contributed by atoms with E-state index < -0.39 is 11.9 Å². The fourth-order valence-electron chi connectivity index (χ4n) is 2.83. The molecule has 0 fully saturated rings. The van der Waals surface area contributed by atoms with Gasteiger partial charge in [-0.2, -0.15) is 0 Å². The molecule has 1 aromatic rings. The van der Waals surface area contributed by atoms with Crippen LogP contribution in [0.4, 0.5) is 4.39 Å². The Morgan fingerprint density at radius 1 is 1.09 bits per heavy atom. The third-order valence-corrected chi connectivity index (χ3v) is 3.75. The molecular formula is C17H18FNO3. The third kappa shape index (κ3) is 2.79. The van der Waals surface area contributed by atoms with Crippen LogP contribution < -0.4 is 5.32 Å². The molecule has 0 bridgehead atoms. The van der Waals surface area contributed by atoms with Gasteiger partial charge in [0.2, 0.25) is 0 Å². The van der Waals surface area contributed by atoms with Gasteiger partial charge in [0.05, 0.1) is 12.7 Å². The zero-order valence-electron chi connectivity index (χ0n) is 13.0. The highest BCUT2D eigenvalue weighted by atomic mass is 19.1. The number of Topliss-reactive ketones (excluding diaryl/α,β-unsaturated/α-hetero) is 1. The first-order valence-electron chi connectivity index (χ1n) is 6.90. The summed E-state index contributed by atoms with van der Waals surface area (Å²) >= 11 is 0. The predicted octanol–water partition coefficient (Wildman–Crippen LogP) is 2.82. The van der Waals surface area contributed by atoms with Crippen molar-refractivity contribution in [1.29, 1.82) is 0 Å². The lowest BCUT2D eigenvalue weighted by molar-refractivity contribution is -0.136. The zero-order chi connectivity index (χ0) is 16.4. The van der Waals surface area contributed by atoms with Crippen LogP contribution in [-0.4, -0.2) is 18.9 Å². The van der Waals surface area contributed by atoms with E-state index in [0.717, 1.165) is 0 Å². The van der Waals surface area contributed by atoms with Crippen LogP contribution in [0.1, 0.15) is 32.3 Å². The number of hydrogen-bond donors (Lipinski definition) is 1. The van der Waals surface area contributed by atoms with Crippen LogP contribution in [0, 0.1) is 5.82 Å². The van der Waals surface area contributed by atoms with Gasteiger partial charge in [-0.3, -0.25) is 4.79 Å². The number of esters is 1. The van der Waals surface area contributed by atoms with Crippen molar-refractivity contribution >= 4 is 11.8 Å². The molecule has 4 nitrogen and oxygen atoms in total. The number of carbonyl (C=O) groups excluding carboxylic acids is 2. The van der Waals surface area contributed by atoms with Crippen molar-refractivity contribution in [1.82, 2.24) is 5.32 Å². The molecule has 0 saturated heterocycles. The second kappa shape index (κ2) is 6.13. The Morgan fingerprint density at radius 2 is 1.64 bits per heavy atom. The van der Waals surface area contributed by atoms with Crippen LogP contribution in [0.15, 0.2) is 46.8 Å². The van der Waals surface area contributed by atoms with E-state index in [-0.39, 0.29) is 11.6 Å². The van der Waals surface area contributed by atoms with Crippen LogP contribution >= 0.6 is 0 Å². The predicted molar refractivity (Wildman–Crippen MR) is 80.4 cm³/mol. The van der Waals surface area contributed by atoms with Crippen molar-refractivity contribution in [3.8, 4) is 0 Å². The van der Waals surface area contributed by atoms with Crippen molar-refractivity contribution in [2.75, 3.05) is 7.11 Å². The molecule has 0 aromatic heterocycles. The van der Waals surface area contributed by atoms with E-state index in [1.54, 1.807) is 26.0 Å². The van der Waals surface area contributed by atoms with E-state index in [0.29, 0.717) is 28.1 Å². The first-order chi connectivity index (χ1) is 10.4. The third-order valence-electron chi connectivity index (χ3n) is 3.75. The Hall–Kier alpha value is -2.43. The quantitative estimate of drug-likeness (QED) is 0.872. The number of methoxy groups -OCH3 is 1. The summed E-state index contributed by atoms with van der Waals surface area (Å²) in [4.78, 5) is 24.3. The van der Waals surface area contributed by atoms with Crippen molar-refractivity contribution < 1.29 is 18.7 Å². The highest BCUT2D eigenvalue weighted by Gasteiger charge is 2.35. The fraction of sp³-hybridized carbons (Fsp3) is 0.294. The van der Waals surface area contributed by atoms with E-state index in [1.807, 2.05) is 0 Å². The van der Waals surface area contributed by atoms with Gasteiger partial charge in [-0.05, 0) is 38.5 Å². The van der Waals surface area contributed by atoms with E-state index in [2.05, 4.69) is 5.32 Å². The lowest BCUT2D eigenvalue weighted by Crippen LogP contribution is -2.30. The van der Waals surface area contributed by atoms with Crippen LogP contribution in [0.25, 0.3) is 0 Å². The normalized spacial score (nSPS) is 18.1. The Morgan fingerprint density at radius 3 is 2.14 bits per heavy atom. The number of ketones is 1. The first-order valence-corrected chi connectivity index (χ1v) is 6.90. The van der Waals surface area contributed by atoms with E-state index in [9.17, 15) is 14.0 Å². The number of carbonyl (C=O) groups is 2. The molecule has 0 aliphatic carbocycles. The summed E-state index contributed by atoms with van der Waals surface area (Å²) in [5.41, 5.74) is 2.84. The zero-order valence-corrected chi connectivity index (χ0v) is 13.0. The fourth-order valence-corrected chi connectivity index (χ4v) is 2.83.